The maximum atomic E-state index is 13.1. The van der Waals surface area contributed by atoms with Crippen LogP contribution in [0.1, 0.15) is 5.82 Å². The van der Waals surface area contributed by atoms with Crippen molar-refractivity contribution in [2.75, 3.05) is 16.5 Å². The maximum absolute atomic E-state index is 13.1. The molecule has 0 radical (unpaired) electrons. The molecule has 0 aliphatic carbocycles. The van der Waals surface area contributed by atoms with E-state index in [-0.39, 0.29) is 16.8 Å². The highest BCUT2D eigenvalue weighted by atomic mass is 35.5. The number of halogens is 4. The van der Waals surface area contributed by atoms with Crippen LogP contribution in [-0.2, 0) is 11.0 Å². The standard InChI is InChI=1S/C17H11ClF3N5OS2/c18-9-5-6-13-11(7-9)25(10-3-1-2-4-12(10)29-13)14(27)8-28-16-24-23-15(26(16)22)17(19,20)21/h1-7H,8,22H2. The van der Waals surface area contributed by atoms with Crippen molar-refractivity contribution < 1.29 is 18.0 Å². The molecule has 0 bridgehead atoms. The molecule has 0 atom stereocenters. The van der Waals surface area contributed by atoms with E-state index in [2.05, 4.69) is 10.2 Å². The predicted octanol–water partition coefficient (Wildman–Crippen LogP) is 4.59. The van der Waals surface area contributed by atoms with Gasteiger partial charge in [0.2, 0.25) is 11.1 Å². The second-order valence-electron chi connectivity index (χ2n) is 5.87. The van der Waals surface area contributed by atoms with Gasteiger partial charge in [0, 0.05) is 14.8 Å². The van der Waals surface area contributed by atoms with Crippen molar-refractivity contribution in [3.8, 4) is 0 Å². The van der Waals surface area contributed by atoms with Crippen LogP contribution in [0.25, 0.3) is 0 Å². The van der Waals surface area contributed by atoms with Crippen molar-refractivity contribution in [2.45, 2.75) is 21.1 Å². The summed E-state index contributed by atoms with van der Waals surface area (Å²) in [6, 6.07) is 12.6. The van der Waals surface area contributed by atoms with Gasteiger partial charge in [-0.2, -0.15) is 13.2 Å². The zero-order valence-electron chi connectivity index (χ0n) is 14.4. The molecule has 0 fully saturated rings. The lowest BCUT2D eigenvalue weighted by molar-refractivity contribution is -0.146. The summed E-state index contributed by atoms with van der Waals surface area (Å²) in [7, 11) is 0. The third-order valence-electron chi connectivity index (χ3n) is 3.98. The van der Waals surface area contributed by atoms with Crippen molar-refractivity contribution in [3.05, 3.63) is 53.3 Å². The Morgan fingerprint density at radius 2 is 1.86 bits per heavy atom. The maximum Gasteiger partial charge on any atom is 0.453 e. The normalized spacial score (nSPS) is 13.2. The first kappa shape index (κ1) is 19.9. The van der Waals surface area contributed by atoms with Crippen LogP contribution in [0.3, 0.4) is 0 Å². The van der Waals surface area contributed by atoms with E-state index in [1.54, 1.807) is 24.3 Å². The van der Waals surface area contributed by atoms with Gasteiger partial charge in [-0.15, -0.1) is 10.2 Å². The van der Waals surface area contributed by atoms with Gasteiger partial charge in [-0.25, -0.2) is 4.68 Å². The summed E-state index contributed by atoms with van der Waals surface area (Å²) in [6.07, 6.45) is -4.73. The molecule has 0 spiro atoms. The van der Waals surface area contributed by atoms with Crippen LogP contribution in [0.2, 0.25) is 5.02 Å². The number of benzene rings is 2. The highest BCUT2D eigenvalue weighted by Crippen LogP contribution is 2.49. The SMILES string of the molecule is Nn1c(SCC(=O)N2c3ccccc3Sc3ccc(Cl)cc32)nnc1C(F)(F)F. The van der Waals surface area contributed by atoms with E-state index in [0.29, 0.717) is 21.1 Å². The lowest BCUT2D eigenvalue weighted by Crippen LogP contribution is -2.30. The van der Waals surface area contributed by atoms with Crippen molar-refractivity contribution in [1.29, 1.82) is 0 Å². The lowest BCUT2D eigenvalue weighted by Gasteiger charge is -2.31. The van der Waals surface area contributed by atoms with Crippen LogP contribution in [0, 0.1) is 0 Å². The zero-order chi connectivity index (χ0) is 20.8. The third-order valence-corrected chi connectivity index (χ3v) is 6.27. The van der Waals surface area contributed by atoms with Crippen LogP contribution >= 0.6 is 35.1 Å². The molecule has 29 heavy (non-hydrogen) atoms. The summed E-state index contributed by atoms with van der Waals surface area (Å²) in [5.74, 6) is 3.55. The molecule has 2 heterocycles. The molecule has 4 rings (SSSR count). The fourth-order valence-corrected chi connectivity index (χ4v) is 4.67. The van der Waals surface area contributed by atoms with Gasteiger partial charge in [-0.05, 0) is 30.3 Å². The van der Waals surface area contributed by atoms with Gasteiger partial charge >= 0.3 is 6.18 Å². The molecule has 1 amide bonds. The first-order valence-corrected chi connectivity index (χ1v) is 10.2. The molecular weight excluding hydrogens is 447 g/mol. The van der Waals surface area contributed by atoms with E-state index in [1.165, 1.54) is 16.7 Å². The van der Waals surface area contributed by atoms with Crippen LogP contribution in [0.15, 0.2) is 57.4 Å². The Bertz CT molecular complexity index is 1100. The van der Waals surface area contributed by atoms with Crippen molar-refractivity contribution in [2.24, 2.45) is 0 Å². The number of carbonyl (C=O) groups excluding carboxylic acids is 1. The zero-order valence-corrected chi connectivity index (χ0v) is 16.7. The Balaban J connectivity index is 1.63. The Morgan fingerprint density at radius 3 is 2.59 bits per heavy atom. The molecule has 1 aromatic heterocycles. The van der Waals surface area contributed by atoms with E-state index in [0.717, 1.165) is 21.6 Å². The van der Waals surface area contributed by atoms with E-state index in [4.69, 9.17) is 17.4 Å². The number of nitrogen functional groups attached to an aromatic ring is 1. The highest BCUT2D eigenvalue weighted by Gasteiger charge is 2.38. The minimum absolute atomic E-state index is 0.196. The third kappa shape index (κ3) is 3.77. The van der Waals surface area contributed by atoms with Gasteiger partial charge < -0.3 is 5.84 Å². The fraction of sp³-hybridized carbons (Fsp3) is 0.118. The first-order valence-electron chi connectivity index (χ1n) is 8.05. The van der Waals surface area contributed by atoms with Gasteiger partial charge in [0.25, 0.3) is 5.82 Å². The largest absolute Gasteiger partial charge is 0.453 e. The number of thioether (sulfide) groups is 1. The van der Waals surface area contributed by atoms with Gasteiger partial charge in [0.05, 0.1) is 17.1 Å². The monoisotopic (exact) mass is 457 g/mol. The van der Waals surface area contributed by atoms with Crippen molar-refractivity contribution in [3.63, 3.8) is 0 Å². The molecule has 1 aliphatic heterocycles. The topological polar surface area (TPSA) is 77.0 Å². The summed E-state index contributed by atoms with van der Waals surface area (Å²) >= 11 is 8.39. The van der Waals surface area contributed by atoms with Crippen LogP contribution in [0.5, 0.6) is 0 Å². The number of para-hydroxylation sites is 1. The quantitative estimate of drug-likeness (QED) is 0.458. The molecule has 0 saturated carbocycles. The van der Waals surface area contributed by atoms with Crippen LogP contribution in [0.4, 0.5) is 24.5 Å². The molecule has 1 aliphatic rings. The van der Waals surface area contributed by atoms with Gasteiger partial charge in [0.1, 0.15) is 0 Å². The predicted molar refractivity (Wildman–Crippen MR) is 105 cm³/mol. The Hall–Kier alpha value is -2.37. The van der Waals surface area contributed by atoms with Gasteiger partial charge in [0.15, 0.2) is 0 Å². The summed E-state index contributed by atoms with van der Waals surface area (Å²) in [4.78, 5) is 16.3. The van der Waals surface area contributed by atoms with E-state index in [1.807, 2.05) is 18.2 Å². The highest BCUT2D eigenvalue weighted by molar-refractivity contribution is 8.00. The second-order valence-corrected chi connectivity index (χ2v) is 8.34. The number of nitrogens with zero attached hydrogens (tertiary/aromatic N) is 4. The first-order chi connectivity index (χ1) is 13.8. The molecule has 3 aromatic rings. The molecular formula is C17H11ClF3N5OS2. The molecule has 2 aromatic carbocycles. The summed E-state index contributed by atoms with van der Waals surface area (Å²) < 4.78 is 38.8. The lowest BCUT2D eigenvalue weighted by atomic mass is 10.2. The second kappa shape index (κ2) is 7.47. The molecule has 12 heteroatoms. The smallest absolute Gasteiger partial charge is 0.335 e. The Kier molecular flexibility index (Phi) is 5.13. The minimum Gasteiger partial charge on any atom is -0.335 e. The number of rotatable bonds is 3. The molecule has 150 valence electrons. The number of amides is 1. The van der Waals surface area contributed by atoms with Gasteiger partial charge in [-0.1, -0.05) is 47.3 Å². The number of anilines is 2. The minimum atomic E-state index is -4.73. The number of alkyl halides is 3. The number of hydrogen-bond acceptors (Lipinski definition) is 6. The van der Waals surface area contributed by atoms with E-state index < -0.39 is 12.0 Å². The van der Waals surface area contributed by atoms with Crippen LogP contribution < -0.4 is 10.7 Å². The summed E-state index contributed by atoms with van der Waals surface area (Å²) in [6.45, 7) is 0. The number of carbonyl (C=O) groups is 1. The van der Waals surface area contributed by atoms with Crippen molar-refractivity contribution >= 4 is 52.4 Å². The number of aromatic nitrogens is 3. The van der Waals surface area contributed by atoms with E-state index in [9.17, 15) is 18.0 Å². The van der Waals surface area contributed by atoms with Gasteiger partial charge in [-0.3, -0.25) is 9.69 Å². The molecule has 2 N–H and O–H groups in total. The van der Waals surface area contributed by atoms with Crippen LogP contribution in [-0.4, -0.2) is 26.5 Å². The average Bonchev–Trinajstić information content (AvgIpc) is 3.05. The fourth-order valence-electron chi connectivity index (χ4n) is 2.76. The average molecular weight is 458 g/mol. The molecule has 6 nitrogen and oxygen atoms in total. The van der Waals surface area contributed by atoms with E-state index >= 15 is 0 Å². The summed E-state index contributed by atoms with van der Waals surface area (Å²) in [5.41, 5.74) is 1.28. The number of nitrogens with two attached hydrogens (primary N) is 1. The summed E-state index contributed by atoms with van der Waals surface area (Å²) in [5, 5.41) is 6.75. The number of hydrogen-bond donors (Lipinski definition) is 1. The molecule has 0 saturated heterocycles. The molecule has 0 unspecified atom stereocenters. The number of fused-ring (bicyclic) bond motifs is 2. The van der Waals surface area contributed by atoms with Crippen molar-refractivity contribution in [1.82, 2.24) is 14.9 Å². The Morgan fingerprint density at radius 1 is 1.14 bits per heavy atom. The Labute approximate surface area is 176 Å².